The van der Waals surface area contributed by atoms with Crippen molar-refractivity contribution in [2.24, 2.45) is 5.73 Å². The average Bonchev–Trinajstić information content (AvgIpc) is 2.76. The van der Waals surface area contributed by atoms with Crippen molar-refractivity contribution in [3.05, 3.63) is 73.1 Å². The van der Waals surface area contributed by atoms with E-state index in [1.54, 1.807) is 0 Å². The number of fused-ring (bicyclic) bond motifs is 2. The van der Waals surface area contributed by atoms with Gasteiger partial charge in [0.2, 0.25) is 0 Å². The molecule has 142 valence electrons. The van der Waals surface area contributed by atoms with Gasteiger partial charge in [-0.15, -0.1) is 0 Å². The Morgan fingerprint density at radius 1 is 0.643 bits per heavy atom. The molecule has 0 atom stereocenters. The van der Waals surface area contributed by atoms with E-state index in [4.69, 9.17) is 5.73 Å². The van der Waals surface area contributed by atoms with Gasteiger partial charge in [0.25, 0.3) is 0 Å². The Hall–Kier alpha value is -2.98. The van der Waals surface area contributed by atoms with Crippen LogP contribution in [0, 0.1) is 0 Å². The van der Waals surface area contributed by atoms with Gasteiger partial charge in [-0.1, -0.05) is 49.2 Å². The van der Waals surface area contributed by atoms with E-state index in [2.05, 4.69) is 63.4 Å². The van der Waals surface area contributed by atoms with E-state index in [1.165, 1.54) is 35.0 Å². The molecule has 2 aromatic carbocycles. The van der Waals surface area contributed by atoms with E-state index in [9.17, 15) is 0 Å². The van der Waals surface area contributed by atoms with E-state index in [1.807, 2.05) is 24.5 Å². The van der Waals surface area contributed by atoms with Crippen molar-refractivity contribution in [1.29, 1.82) is 0 Å². The van der Waals surface area contributed by atoms with Crippen molar-refractivity contribution in [2.45, 2.75) is 25.7 Å². The van der Waals surface area contributed by atoms with Crippen LogP contribution in [0.15, 0.2) is 73.1 Å². The molecule has 0 saturated heterocycles. The maximum atomic E-state index is 5.65. The Balaban J connectivity index is 1.77. The Morgan fingerprint density at radius 3 is 1.75 bits per heavy atom. The molecule has 4 aromatic rings. The number of hydrogen-bond acceptors (Lipinski definition) is 4. The Bertz CT molecular complexity index is 971. The lowest BCUT2D eigenvalue weighted by atomic mass is 10.1. The number of benzene rings is 2. The first kappa shape index (κ1) is 18.4. The molecule has 0 radical (unpaired) electrons. The van der Waals surface area contributed by atoms with Gasteiger partial charge in [0, 0.05) is 29.7 Å². The second-order valence-corrected chi connectivity index (χ2v) is 7.05. The third-order valence-electron chi connectivity index (χ3n) is 5.17. The zero-order chi connectivity index (χ0) is 19.2. The molecule has 4 nitrogen and oxygen atoms in total. The van der Waals surface area contributed by atoms with Gasteiger partial charge in [-0.25, -0.2) is 0 Å². The van der Waals surface area contributed by atoms with Gasteiger partial charge < -0.3 is 10.6 Å². The molecular weight excluding hydrogens is 344 g/mol. The van der Waals surface area contributed by atoms with Crippen LogP contribution in [0.5, 0.6) is 0 Å². The largest absolute Gasteiger partial charge is 0.340 e. The van der Waals surface area contributed by atoms with Crippen LogP contribution in [0.1, 0.15) is 25.7 Å². The predicted molar refractivity (Wildman–Crippen MR) is 118 cm³/mol. The molecule has 0 saturated carbocycles. The molecule has 0 unspecified atom stereocenters. The molecule has 2 aromatic heterocycles. The lowest BCUT2D eigenvalue weighted by Gasteiger charge is -2.27. The zero-order valence-corrected chi connectivity index (χ0v) is 16.1. The third kappa shape index (κ3) is 3.82. The number of unbranched alkanes of at least 4 members (excludes halogenated alkanes) is 3. The number of pyridine rings is 2. The molecule has 4 heteroatoms. The lowest BCUT2D eigenvalue weighted by Crippen LogP contribution is -2.19. The monoisotopic (exact) mass is 370 g/mol. The molecule has 2 N–H and O–H groups in total. The lowest BCUT2D eigenvalue weighted by molar-refractivity contribution is 0.649. The predicted octanol–water partition coefficient (Wildman–Crippen LogP) is 5.44. The minimum absolute atomic E-state index is 0.772. The van der Waals surface area contributed by atoms with Crippen LogP contribution in [0.4, 0.5) is 11.4 Å². The van der Waals surface area contributed by atoms with Crippen LogP contribution in [-0.2, 0) is 0 Å². The van der Waals surface area contributed by atoms with Crippen LogP contribution < -0.4 is 10.6 Å². The summed E-state index contributed by atoms with van der Waals surface area (Å²) in [5, 5.41) is 2.35. The van der Waals surface area contributed by atoms with Crippen LogP contribution >= 0.6 is 0 Å². The maximum Gasteiger partial charge on any atom is 0.0722 e. The number of rotatable bonds is 8. The van der Waals surface area contributed by atoms with Crippen LogP contribution in [0.2, 0.25) is 0 Å². The number of nitrogens with two attached hydrogens (primary N) is 1. The SMILES string of the molecule is NCCCCCCN(c1ccnc2ccccc12)c1ccnc2ccccc12. The summed E-state index contributed by atoms with van der Waals surface area (Å²) in [7, 11) is 0. The summed E-state index contributed by atoms with van der Waals surface area (Å²) < 4.78 is 0. The highest BCUT2D eigenvalue weighted by atomic mass is 15.1. The summed E-state index contributed by atoms with van der Waals surface area (Å²) in [4.78, 5) is 11.5. The standard InChI is InChI=1S/C24H26N4/c25-15-7-1-2-8-18-28(23-13-16-26-21-11-5-3-9-19(21)23)24-14-17-27-22-12-6-4-10-20(22)24/h3-6,9-14,16-17H,1-2,7-8,15,18,25H2. The Kier molecular flexibility index (Phi) is 5.78. The first-order chi connectivity index (χ1) is 13.9. The molecule has 0 aliphatic heterocycles. The van der Waals surface area contributed by atoms with Gasteiger partial charge >= 0.3 is 0 Å². The summed E-state index contributed by atoms with van der Waals surface area (Å²) in [5.41, 5.74) is 10.1. The molecule has 0 aliphatic rings. The van der Waals surface area contributed by atoms with E-state index in [0.29, 0.717) is 0 Å². The number of para-hydroxylation sites is 2. The minimum atomic E-state index is 0.772. The molecular formula is C24H26N4. The van der Waals surface area contributed by atoms with Crippen molar-refractivity contribution >= 4 is 33.2 Å². The number of aromatic nitrogens is 2. The van der Waals surface area contributed by atoms with Gasteiger partial charge in [-0.3, -0.25) is 9.97 Å². The van der Waals surface area contributed by atoms with Gasteiger partial charge in [0.05, 0.1) is 22.4 Å². The molecule has 28 heavy (non-hydrogen) atoms. The van der Waals surface area contributed by atoms with Gasteiger partial charge in [-0.2, -0.15) is 0 Å². The molecule has 2 heterocycles. The van der Waals surface area contributed by atoms with Crippen LogP contribution in [-0.4, -0.2) is 23.1 Å². The quantitative estimate of drug-likeness (QED) is 0.420. The molecule has 4 rings (SSSR count). The molecule has 0 aliphatic carbocycles. The van der Waals surface area contributed by atoms with Gasteiger partial charge in [0.1, 0.15) is 0 Å². The fourth-order valence-corrected chi connectivity index (χ4v) is 3.77. The average molecular weight is 371 g/mol. The highest BCUT2D eigenvalue weighted by Gasteiger charge is 2.15. The molecule has 0 fully saturated rings. The maximum absolute atomic E-state index is 5.65. The minimum Gasteiger partial charge on any atom is -0.340 e. The van der Waals surface area contributed by atoms with Crippen molar-refractivity contribution in [3.8, 4) is 0 Å². The van der Waals surface area contributed by atoms with Gasteiger partial charge in [0.15, 0.2) is 0 Å². The van der Waals surface area contributed by atoms with Crippen molar-refractivity contribution in [2.75, 3.05) is 18.0 Å². The van der Waals surface area contributed by atoms with Gasteiger partial charge in [-0.05, 0) is 43.7 Å². The summed E-state index contributed by atoms with van der Waals surface area (Å²) >= 11 is 0. The van der Waals surface area contributed by atoms with Crippen LogP contribution in [0.3, 0.4) is 0 Å². The molecule has 0 amide bonds. The topological polar surface area (TPSA) is 55.0 Å². The Morgan fingerprint density at radius 2 is 1.18 bits per heavy atom. The summed E-state index contributed by atoms with van der Waals surface area (Å²) in [6.07, 6.45) is 8.38. The Labute approximate surface area is 166 Å². The number of nitrogens with zero attached hydrogens (tertiary/aromatic N) is 3. The fourth-order valence-electron chi connectivity index (χ4n) is 3.77. The summed E-state index contributed by atoms with van der Waals surface area (Å²) in [5.74, 6) is 0. The normalized spacial score (nSPS) is 11.2. The van der Waals surface area contributed by atoms with E-state index in [-0.39, 0.29) is 0 Å². The van der Waals surface area contributed by atoms with E-state index in [0.717, 1.165) is 37.0 Å². The smallest absolute Gasteiger partial charge is 0.0722 e. The number of anilines is 2. The zero-order valence-electron chi connectivity index (χ0n) is 16.1. The first-order valence-electron chi connectivity index (χ1n) is 10.0. The van der Waals surface area contributed by atoms with E-state index >= 15 is 0 Å². The summed E-state index contributed by atoms with van der Waals surface area (Å²) in [6.45, 7) is 1.72. The molecule has 0 bridgehead atoms. The van der Waals surface area contributed by atoms with Crippen LogP contribution in [0.25, 0.3) is 21.8 Å². The highest BCUT2D eigenvalue weighted by Crippen LogP contribution is 2.35. The fraction of sp³-hybridized carbons (Fsp3) is 0.250. The van der Waals surface area contributed by atoms with E-state index < -0.39 is 0 Å². The third-order valence-corrected chi connectivity index (χ3v) is 5.17. The first-order valence-corrected chi connectivity index (χ1v) is 10.0. The van der Waals surface area contributed by atoms with Crippen molar-refractivity contribution < 1.29 is 0 Å². The number of hydrogen-bond donors (Lipinski definition) is 1. The second-order valence-electron chi connectivity index (χ2n) is 7.05. The summed E-state index contributed by atoms with van der Waals surface area (Å²) in [6, 6.07) is 20.9. The molecule has 0 spiro atoms. The highest BCUT2D eigenvalue weighted by molar-refractivity contribution is 5.99. The van der Waals surface area contributed by atoms with Crippen molar-refractivity contribution in [3.63, 3.8) is 0 Å². The van der Waals surface area contributed by atoms with Crippen molar-refractivity contribution in [1.82, 2.24) is 9.97 Å². The second kappa shape index (κ2) is 8.81.